The highest BCUT2D eigenvalue weighted by Crippen LogP contribution is 2.41. The standard InChI is InChI=1S/C29H33ClN6O2.ClH/c30-25-24-21(9-4-8-18-6-2-1-3-7-18)16-23(36(24)29(38)27(35-25)34-22-10-5-11-22)28(37)33-17-19-12-14-20(15-13-19)26(31)32;/h1-3,6-7,12-15,21-23H,4-5,8-11,16-17H2,(H3,31,32)(H,33,37)(H,34,35);1H/t21-,23-;/m0./s1. The molecule has 1 saturated carbocycles. The third-order valence-corrected chi connectivity index (χ3v) is 7.93. The van der Waals surface area contributed by atoms with Gasteiger partial charge in [-0.05, 0) is 56.1 Å². The molecule has 1 aliphatic carbocycles. The van der Waals surface area contributed by atoms with Gasteiger partial charge >= 0.3 is 0 Å². The highest BCUT2D eigenvalue weighted by Gasteiger charge is 2.39. The Labute approximate surface area is 239 Å². The number of aryl methyl sites for hydroxylation is 1. The quantitative estimate of drug-likeness (QED) is 0.203. The number of rotatable bonds is 10. The molecule has 10 heteroatoms. The Morgan fingerprint density at radius 3 is 2.46 bits per heavy atom. The second-order valence-corrected chi connectivity index (χ2v) is 10.6. The number of carbonyl (C=O) groups excluding carboxylic acids is 1. The lowest BCUT2D eigenvalue weighted by Gasteiger charge is -2.27. The normalized spacial score (nSPS) is 18.0. The number of hydrogen-bond acceptors (Lipinski definition) is 5. The summed E-state index contributed by atoms with van der Waals surface area (Å²) in [4.78, 5) is 31.5. The Morgan fingerprint density at radius 1 is 1.10 bits per heavy atom. The Kier molecular flexibility index (Phi) is 9.30. The number of nitrogens with zero attached hydrogens (tertiary/aromatic N) is 2. The highest BCUT2D eigenvalue weighted by atomic mass is 35.5. The maximum absolute atomic E-state index is 13.6. The molecule has 206 valence electrons. The second kappa shape index (κ2) is 12.7. The summed E-state index contributed by atoms with van der Waals surface area (Å²) in [7, 11) is 0. The minimum atomic E-state index is -0.654. The van der Waals surface area contributed by atoms with Crippen molar-refractivity contribution < 1.29 is 4.79 Å². The van der Waals surface area contributed by atoms with Gasteiger partial charge in [-0.15, -0.1) is 12.4 Å². The van der Waals surface area contributed by atoms with Gasteiger partial charge in [0.2, 0.25) is 5.91 Å². The van der Waals surface area contributed by atoms with Crippen LogP contribution in [0.1, 0.15) is 72.9 Å². The predicted octanol–water partition coefficient (Wildman–Crippen LogP) is 4.93. The van der Waals surface area contributed by atoms with Gasteiger partial charge in [-0.2, -0.15) is 0 Å². The van der Waals surface area contributed by atoms with Crippen molar-refractivity contribution in [3.63, 3.8) is 0 Å². The van der Waals surface area contributed by atoms with Crippen molar-refractivity contribution in [1.82, 2.24) is 14.9 Å². The summed E-state index contributed by atoms with van der Waals surface area (Å²) in [6.45, 7) is 0.308. The molecule has 2 aliphatic rings. The van der Waals surface area contributed by atoms with Crippen LogP contribution in [0, 0.1) is 5.41 Å². The summed E-state index contributed by atoms with van der Waals surface area (Å²) in [6, 6.07) is 17.0. The SMILES string of the molecule is Cl.N=C(N)c1ccc(CNC(=O)[C@@H]2C[C@H](CCCc3ccccc3)c3c(Cl)nc(NC4CCC4)c(=O)n32)cc1. The van der Waals surface area contributed by atoms with Gasteiger partial charge < -0.3 is 16.4 Å². The first-order valence-electron chi connectivity index (χ1n) is 13.2. The maximum Gasteiger partial charge on any atom is 0.294 e. The fourth-order valence-corrected chi connectivity index (χ4v) is 5.64. The number of halogens is 2. The summed E-state index contributed by atoms with van der Waals surface area (Å²) in [5.41, 5.74) is 8.69. The molecular weight excluding hydrogens is 535 g/mol. The minimum Gasteiger partial charge on any atom is -0.384 e. The van der Waals surface area contributed by atoms with Gasteiger partial charge in [0.25, 0.3) is 5.56 Å². The molecule has 2 atom stereocenters. The molecular formula is C29H34Cl2N6O2. The average Bonchev–Trinajstić information content (AvgIpc) is 3.29. The fourth-order valence-electron chi connectivity index (χ4n) is 5.31. The Bertz CT molecular complexity index is 1370. The number of nitrogen functional groups attached to an aromatic ring is 1. The Balaban J connectivity index is 0.00000353. The topological polar surface area (TPSA) is 126 Å². The van der Waals surface area contributed by atoms with Crippen molar-refractivity contribution in [2.24, 2.45) is 5.73 Å². The number of fused-ring (bicyclic) bond motifs is 1. The van der Waals surface area contributed by atoms with Crippen molar-refractivity contribution in [3.05, 3.63) is 92.5 Å². The zero-order valence-electron chi connectivity index (χ0n) is 21.7. The third kappa shape index (κ3) is 6.45. The lowest BCUT2D eigenvalue weighted by molar-refractivity contribution is -0.124. The summed E-state index contributed by atoms with van der Waals surface area (Å²) in [5.74, 6) is -0.0233. The lowest BCUT2D eigenvalue weighted by atomic mass is 9.93. The van der Waals surface area contributed by atoms with Crippen LogP contribution in [0.15, 0.2) is 59.4 Å². The summed E-state index contributed by atoms with van der Waals surface area (Å²) >= 11 is 6.70. The predicted molar refractivity (Wildman–Crippen MR) is 157 cm³/mol. The van der Waals surface area contributed by atoms with Gasteiger partial charge in [0.15, 0.2) is 11.0 Å². The average molecular weight is 570 g/mol. The number of benzene rings is 2. The summed E-state index contributed by atoms with van der Waals surface area (Å²) in [5, 5.41) is 14.1. The number of hydrogen-bond donors (Lipinski definition) is 4. The van der Waals surface area contributed by atoms with Crippen LogP contribution in [0.25, 0.3) is 0 Å². The Morgan fingerprint density at radius 2 is 1.82 bits per heavy atom. The van der Waals surface area contributed by atoms with Crippen molar-refractivity contribution in [1.29, 1.82) is 5.41 Å². The number of amidine groups is 1. The smallest absolute Gasteiger partial charge is 0.294 e. The van der Waals surface area contributed by atoms with E-state index < -0.39 is 6.04 Å². The number of nitrogens with one attached hydrogen (secondary N) is 3. The molecule has 5 rings (SSSR count). The van der Waals surface area contributed by atoms with Crippen LogP contribution in [0.3, 0.4) is 0 Å². The van der Waals surface area contributed by atoms with Crippen LogP contribution in [-0.4, -0.2) is 27.3 Å². The van der Waals surface area contributed by atoms with Crippen LogP contribution in [-0.2, 0) is 17.8 Å². The van der Waals surface area contributed by atoms with Crippen molar-refractivity contribution in [2.75, 3.05) is 5.32 Å². The lowest BCUT2D eigenvalue weighted by Crippen LogP contribution is -2.38. The van der Waals surface area contributed by atoms with E-state index in [1.54, 1.807) is 16.7 Å². The molecule has 1 aromatic heterocycles. The third-order valence-electron chi connectivity index (χ3n) is 7.65. The van der Waals surface area contributed by atoms with Gasteiger partial charge in [0.05, 0.1) is 5.69 Å². The monoisotopic (exact) mass is 568 g/mol. The van der Waals surface area contributed by atoms with E-state index in [-0.39, 0.29) is 47.5 Å². The van der Waals surface area contributed by atoms with Crippen LogP contribution in [0.4, 0.5) is 5.82 Å². The fraction of sp³-hybridized carbons (Fsp3) is 0.379. The molecule has 3 aromatic rings. The number of carbonyl (C=O) groups is 1. The molecule has 8 nitrogen and oxygen atoms in total. The van der Waals surface area contributed by atoms with Crippen molar-refractivity contribution in [2.45, 2.75) is 69.5 Å². The summed E-state index contributed by atoms with van der Waals surface area (Å²) < 4.78 is 1.58. The van der Waals surface area contributed by atoms with Crippen LogP contribution in [0.5, 0.6) is 0 Å². The van der Waals surface area contributed by atoms with Gasteiger partial charge in [0.1, 0.15) is 11.9 Å². The van der Waals surface area contributed by atoms with E-state index in [1.807, 2.05) is 30.3 Å². The van der Waals surface area contributed by atoms with Gasteiger partial charge in [-0.25, -0.2) is 4.98 Å². The van der Waals surface area contributed by atoms with E-state index >= 15 is 0 Å². The van der Waals surface area contributed by atoms with Crippen molar-refractivity contribution >= 4 is 41.6 Å². The molecule has 0 spiro atoms. The van der Waals surface area contributed by atoms with Crippen LogP contribution in [0.2, 0.25) is 5.15 Å². The van der Waals surface area contributed by atoms with E-state index in [4.69, 9.17) is 22.7 Å². The zero-order valence-corrected chi connectivity index (χ0v) is 23.2. The molecule has 5 N–H and O–H groups in total. The molecule has 1 aliphatic heterocycles. The second-order valence-electron chi connectivity index (χ2n) is 10.2. The first kappa shape index (κ1) is 28.6. The molecule has 0 radical (unpaired) electrons. The molecule has 0 unspecified atom stereocenters. The molecule has 1 fully saturated rings. The van der Waals surface area contributed by atoms with E-state index in [1.165, 1.54) is 5.56 Å². The van der Waals surface area contributed by atoms with Gasteiger partial charge in [-0.3, -0.25) is 19.6 Å². The zero-order chi connectivity index (χ0) is 26.6. The summed E-state index contributed by atoms with van der Waals surface area (Å²) in [6.07, 6.45) is 6.26. The number of anilines is 1. The number of amides is 1. The highest BCUT2D eigenvalue weighted by molar-refractivity contribution is 6.30. The van der Waals surface area contributed by atoms with E-state index in [0.29, 0.717) is 29.4 Å². The molecule has 2 heterocycles. The molecule has 39 heavy (non-hydrogen) atoms. The van der Waals surface area contributed by atoms with Gasteiger partial charge in [-0.1, -0.05) is 66.2 Å². The van der Waals surface area contributed by atoms with Gasteiger partial charge in [0, 0.05) is 24.1 Å². The van der Waals surface area contributed by atoms with E-state index in [9.17, 15) is 9.59 Å². The number of aromatic nitrogens is 2. The number of nitrogens with two attached hydrogens (primary N) is 1. The molecule has 2 aromatic carbocycles. The Hall–Kier alpha value is -3.36. The minimum absolute atomic E-state index is 0. The first-order valence-corrected chi connectivity index (χ1v) is 13.6. The molecule has 0 saturated heterocycles. The van der Waals surface area contributed by atoms with Crippen molar-refractivity contribution in [3.8, 4) is 0 Å². The maximum atomic E-state index is 13.6. The first-order chi connectivity index (χ1) is 18.4. The largest absolute Gasteiger partial charge is 0.384 e. The molecule has 1 amide bonds. The van der Waals surface area contributed by atoms with E-state index in [2.05, 4.69) is 27.8 Å². The van der Waals surface area contributed by atoms with E-state index in [0.717, 1.165) is 44.1 Å². The van der Waals surface area contributed by atoms with Crippen LogP contribution >= 0.6 is 24.0 Å². The van der Waals surface area contributed by atoms with Crippen LogP contribution < -0.4 is 21.9 Å². The molecule has 0 bridgehead atoms.